The molecule has 3 aromatic rings. The second-order valence-corrected chi connectivity index (χ2v) is 11.2. The number of hydrogen-bond donors (Lipinski definition) is 2. The minimum Gasteiger partial charge on any atom is -0.479 e. The largest absolute Gasteiger partial charge is 0.479 e. The number of rotatable bonds is 9. The first-order valence-corrected chi connectivity index (χ1v) is 13.0. The van der Waals surface area contributed by atoms with Gasteiger partial charge in [0.25, 0.3) is 0 Å². The maximum absolute atomic E-state index is 13.1. The van der Waals surface area contributed by atoms with Crippen molar-refractivity contribution in [1.29, 1.82) is 0 Å². The van der Waals surface area contributed by atoms with Gasteiger partial charge in [-0.3, -0.25) is 0 Å². The fourth-order valence-electron chi connectivity index (χ4n) is 3.83. The molecule has 238 valence electrons. The maximum Gasteiger partial charge on any atom is 0.425 e. The van der Waals surface area contributed by atoms with Crippen molar-refractivity contribution in [3.63, 3.8) is 0 Å². The maximum atomic E-state index is 13.1. The topological polar surface area (TPSA) is 137 Å². The Kier molecular flexibility index (Phi) is 10.1. The van der Waals surface area contributed by atoms with E-state index in [1.807, 2.05) is 0 Å². The molecular formula is C29H31F4N3O8. The van der Waals surface area contributed by atoms with Crippen molar-refractivity contribution < 1.29 is 56.0 Å². The van der Waals surface area contributed by atoms with Crippen LogP contribution in [0.1, 0.15) is 53.1 Å². The van der Waals surface area contributed by atoms with E-state index in [0.717, 1.165) is 18.2 Å². The molecule has 15 heteroatoms. The summed E-state index contributed by atoms with van der Waals surface area (Å²) in [7, 11) is 0. The summed E-state index contributed by atoms with van der Waals surface area (Å²) in [5.74, 6) is -3.05. The Morgan fingerprint density at radius 1 is 0.818 bits per heavy atom. The van der Waals surface area contributed by atoms with Gasteiger partial charge in [0.15, 0.2) is 23.4 Å². The van der Waals surface area contributed by atoms with Crippen molar-refractivity contribution in [2.24, 2.45) is 0 Å². The van der Waals surface area contributed by atoms with Crippen molar-refractivity contribution in [2.45, 2.75) is 72.0 Å². The van der Waals surface area contributed by atoms with E-state index in [2.05, 4.69) is 19.8 Å². The fourth-order valence-corrected chi connectivity index (χ4v) is 3.83. The third-order valence-corrected chi connectivity index (χ3v) is 5.40. The number of anilines is 2. The number of carboxylic acid groups (broad SMARTS) is 1. The van der Waals surface area contributed by atoms with Crippen LogP contribution in [0.2, 0.25) is 0 Å². The summed E-state index contributed by atoms with van der Waals surface area (Å²) in [5.41, 5.74) is -1.83. The van der Waals surface area contributed by atoms with Crippen LogP contribution in [-0.4, -0.2) is 52.7 Å². The average molecular weight is 626 g/mol. The second-order valence-electron chi connectivity index (χ2n) is 11.2. The number of carbonyl (C=O) groups is 3. The second kappa shape index (κ2) is 13.2. The molecule has 0 saturated heterocycles. The van der Waals surface area contributed by atoms with Gasteiger partial charge in [0.1, 0.15) is 11.2 Å². The highest BCUT2D eigenvalue weighted by Crippen LogP contribution is 2.35. The number of benzene rings is 2. The molecule has 0 fully saturated rings. The number of alkyl halides is 4. The van der Waals surface area contributed by atoms with E-state index in [0.29, 0.717) is 15.7 Å². The number of imide groups is 1. The normalized spacial score (nSPS) is 12.5. The van der Waals surface area contributed by atoms with E-state index in [1.165, 1.54) is 30.5 Å². The van der Waals surface area contributed by atoms with Crippen molar-refractivity contribution in [2.75, 3.05) is 10.2 Å². The molecule has 1 atom stereocenters. The van der Waals surface area contributed by atoms with Crippen molar-refractivity contribution in [1.82, 2.24) is 4.98 Å². The van der Waals surface area contributed by atoms with Crippen LogP contribution in [0.4, 0.5) is 38.7 Å². The van der Waals surface area contributed by atoms with Gasteiger partial charge in [-0.2, -0.15) is 22.5 Å². The van der Waals surface area contributed by atoms with Crippen LogP contribution in [0.5, 0.6) is 11.5 Å². The number of hydrogen-bond acceptors (Lipinski definition) is 9. The minimum absolute atomic E-state index is 0.115. The van der Waals surface area contributed by atoms with Crippen LogP contribution >= 0.6 is 0 Å². The van der Waals surface area contributed by atoms with E-state index in [9.17, 15) is 37.1 Å². The monoisotopic (exact) mass is 625 g/mol. The van der Waals surface area contributed by atoms with Gasteiger partial charge in [-0.25, -0.2) is 19.4 Å². The van der Waals surface area contributed by atoms with Crippen LogP contribution in [0, 0.1) is 0 Å². The molecule has 1 aromatic heterocycles. The first-order chi connectivity index (χ1) is 20.3. The first-order valence-electron chi connectivity index (χ1n) is 13.0. The third kappa shape index (κ3) is 9.09. The quantitative estimate of drug-likeness (QED) is 0.232. The third-order valence-electron chi connectivity index (χ3n) is 5.40. The molecule has 0 aliphatic carbocycles. The van der Waals surface area contributed by atoms with E-state index in [4.69, 9.17) is 9.47 Å². The summed E-state index contributed by atoms with van der Waals surface area (Å²) in [6.07, 6.45) is -0.768. The van der Waals surface area contributed by atoms with Crippen molar-refractivity contribution in [3.8, 4) is 11.5 Å². The lowest BCUT2D eigenvalue weighted by molar-refractivity contribution is -0.138. The fraction of sp³-hybridized carbons (Fsp3) is 0.379. The molecular weight excluding hydrogens is 594 g/mol. The zero-order valence-electron chi connectivity index (χ0n) is 24.6. The smallest absolute Gasteiger partial charge is 0.425 e. The zero-order chi connectivity index (χ0) is 33.0. The van der Waals surface area contributed by atoms with Crippen LogP contribution in [0.3, 0.4) is 0 Å². The molecule has 0 radical (unpaired) electrons. The highest BCUT2D eigenvalue weighted by Gasteiger charge is 2.34. The summed E-state index contributed by atoms with van der Waals surface area (Å²) in [6.45, 7) is 2.97. The number of nitrogens with one attached hydrogen (secondary N) is 1. The SMILES string of the molecule is CC(C)(C)OC(=O)N(C(=O)OC(C)(C)C)c1nccc2cc(NC(C(=O)O)c3ccc(OC(F)F)c(OC(F)F)c3)ccc12. The molecule has 2 amide bonds. The van der Waals surface area contributed by atoms with Crippen LogP contribution < -0.4 is 19.7 Å². The summed E-state index contributed by atoms with van der Waals surface area (Å²) in [5, 5.41) is 13.3. The van der Waals surface area contributed by atoms with Crippen molar-refractivity contribution in [3.05, 3.63) is 54.2 Å². The molecule has 44 heavy (non-hydrogen) atoms. The molecule has 0 bridgehead atoms. The summed E-state index contributed by atoms with van der Waals surface area (Å²) in [4.78, 5) is 43.3. The number of ether oxygens (including phenoxy) is 4. The Morgan fingerprint density at radius 3 is 1.91 bits per heavy atom. The molecule has 0 aliphatic heterocycles. The average Bonchev–Trinajstić information content (AvgIpc) is 2.85. The highest BCUT2D eigenvalue weighted by atomic mass is 19.3. The van der Waals surface area contributed by atoms with Gasteiger partial charge in [-0.05, 0) is 88.9 Å². The molecule has 2 aromatic carbocycles. The van der Waals surface area contributed by atoms with Gasteiger partial charge in [-0.15, -0.1) is 0 Å². The predicted molar refractivity (Wildman–Crippen MR) is 150 cm³/mol. The Bertz CT molecular complexity index is 1490. The number of halogens is 4. The number of nitrogens with zero attached hydrogens (tertiary/aromatic N) is 2. The number of amides is 2. The van der Waals surface area contributed by atoms with E-state index in [-0.39, 0.29) is 17.1 Å². The molecule has 11 nitrogen and oxygen atoms in total. The Morgan fingerprint density at radius 2 is 1.39 bits per heavy atom. The van der Waals surface area contributed by atoms with E-state index < -0.39 is 60.1 Å². The number of fused-ring (bicyclic) bond motifs is 1. The number of pyridine rings is 1. The number of aromatic nitrogens is 1. The zero-order valence-corrected chi connectivity index (χ0v) is 24.6. The van der Waals surface area contributed by atoms with E-state index in [1.54, 1.807) is 41.5 Å². The summed E-state index contributed by atoms with van der Waals surface area (Å²) in [6, 6.07) is 7.19. The molecule has 0 saturated carbocycles. The lowest BCUT2D eigenvalue weighted by atomic mass is 10.0. The predicted octanol–water partition coefficient (Wildman–Crippen LogP) is 7.35. The minimum atomic E-state index is -3.40. The first kappa shape index (κ1) is 33.7. The van der Waals surface area contributed by atoms with Gasteiger partial charge in [-0.1, -0.05) is 6.07 Å². The van der Waals surface area contributed by atoms with Crippen molar-refractivity contribution >= 4 is 40.4 Å². The van der Waals surface area contributed by atoms with Gasteiger partial charge in [0.05, 0.1) is 0 Å². The number of carbonyl (C=O) groups excluding carboxylic acids is 2. The van der Waals surface area contributed by atoms with Gasteiger partial charge in [0.2, 0.25) is 0 Å². The van der Waals surface area contributed by atoms with Gasteiger partial charge >= 0.3 is 31.4 Å². The van der Waals surface area contributed by atoms with Gasteiger partial charge in [0, 0.05) is 17.3 Å². The van der Waals surface area contributed by atoms with Crippen LogP contribution in [0.15, 0.2) is 48.7 Å². The van der Waals surface area contributed by atoms with E-state index >= 15 is 0 Å². The summed E-state index contributed by atoms with van der Waals surface area (Å²) >= 11 is 0. The number of carboxylic acids is 1. The van der Waals surface area contributed by atoms with Crippen LogP contribution in [0.25, 0.3) is 10.8 Å². The van der Waals surface area contributed by atoms with Gasteiger partial charge < -0.3 is 29.4 Å². The standard InChI is InChI=1S/C29H31F4N3O8/c1-28(2,3)43-26(39)36(27(40)44-29(4,5)6)22-18-9-8-17(13-15(18)11-12-34-22)35-21(23(37)38)16-7-10-19(41-24(30)31)20(14-16)42-25(32)33/h7-14,21,24-25,35H,1-6H3,(H,37,38). The molecule has 0 aliphatic rings. The highest BCUT2D eigenvalue weighted by molar-refractivity contribution is 6.14. The lowest BCUT2D eigenvalue weighted by Gasteiger charge is -2.28. The Labute approximate surface area is 249 Å². The Hall–Kier alpha value is -4.82. The molecule has 2 N–H and O–H groups in total. The Balaban J connectivity index is 2.03. The van der Waals surface area contributed by atoms with Crippen LogP contribution in [-0.2, 0) is 14.3 Å². The molecule has 1 unspecified atom stereocenters. The molecule has 3 rings (SSSR count). The number of aliphatic carboxylic acids is 1. The molecule has 1 heterocycles. The lowest BCUT2D eigenvalue weighted by Crippen LogP contribution is -2.44. The summed E-state index contributed by atoms with van der Waals surface area (Å²) < 4.78 is 70.5. The molecule has 0 spiro atoms.